The maximum Gasteiger partial charge on any atom is 0.317 e. The van der Waals surface area contributed by atoms with E-state index in [4.69, 9.17) is 4.42 Å². The van der Waals surface area contributed by atoms with Gasteiger partial charge in [-0.15, -0.1) is 0 Å². The Morgan fingerprint density at radius 2 is 2.23 bits per heavy atom. The molecule has 2 aliphatic heterocycles. The highest BCUT2D eigenvalue weighted by atomic mass is 16.4. The second kappa shape index (κ2) is 5.91. The summed E-state index contributed by atoms with van der Waals surface area (Å²) in [5, 5.41) is 2.89. The van der Waals surface area contributed by atoms with E-state index in [2.05, 4.69) is 36.0 Å². The molecule has 3 heterocycles. The highest BCUT2D eigenvalue weighted by Gasteiger charge is 2.31. The molecule has 1 unspecified atom stereocenters. The molecule has 0 aliphatic carbocycles. The summed E-state index contributed by atoms with van der Waals surface area (Å²) < 4.78 is 5.89. The van der Waals surface area contributed by atoms with Crippen molar-refractivity contribution >= 4 is 6.03 Å². The van der Waals surface area contributed by atoms with E-state index in [1.165, 1.54) is 0 Å². The number of hydrogen-bond donors (Lipinski definition) is 1. The Balaban J connectivity index is 1.60. The molecule has 0 radical (unpaired) electrons. The van der Waals surface area contributed by atoms with Crippen LogP contribution in [0, 0.1) is 0 Å². The minimum absolute atomic E-state index is 0.0106. The van der Waals surface area contributed by atoms with Crippen molar-refractivity contribution in [2.75, 3.05) is 26.2 Å². The van der Waals surface area contributed by atoms with Gasteiger partial charge in [0.25, 0.3) is 0 Å². The van der Waals surface area contributed by atoms with Crippen LogP contribution in [0.15, 0.2) is 10.6 Å². The first kappa shape index (κ1) is 15.3. The summed E-state index contributed by atoms with van der Waals surface area (Å²) in [6, 6.07) is 0.395. The van der Waals surface area contributed by atoms with E-state index in [0.29, 0.717) is 6.04 Å². The first-order valence-electron chi connectivity index (χ1n) is 8.15. The number of carbonyl (C=O) groups excluding carboxylic acids is 1. The standard InChI is InChI=1S/C16H26N4O2/c1-16(2,3)13-9-18-14(22-13)11-19-7-4-5-12(10-19)20-8-6-17-15(20)21/h9,12H,4-8,10-11H2,1-3H3,(H,17,21). The SMILES string of the molecule is CC(C)(C)c1cnc(CN2CCCC(N3CCNC3=O)C2)o1. The first-order valence-corrected chi connectivity index (χ1v) is 8.15. The van der Waals surface area contributed by atoms with Crippen LogP contribution in [0.2, 0.25) is 0 Å². The second-order valence-corrected chi connectivity index (χ2v) is 7.32. The summed E-state index contributed by atoms with van der Waals surface area (Å²) in [5.74, 6) is 1.70. The quantitative estimate of drug-likeness (QED) is 0.927. The lowest BCUT2D eigenvalue weighted by Crippen LogP contribution is -2.48. The maximum atomic E-state index is 11.8. The van der Waals surface area contributed by atoms with Gasteiger partial charge in [-0.1, -0.05) is 20.8 Å². The van der Waals surface area contributed by atoms with Crippen molar-refractivity contribution in [3.8, 4) is 0 Å². The molecule has 22 heavy (non-hydrogen) atoms. The molecule has 0 bridgehead atoms. The predicted octanol–water partition coefficient (Wildman–Crippen LogP) is 1.96. The molecule has 1 N–H and O–H groups in total. The number of oxazole rings is 1. The van der Waals surface area contributed by atoms with Gasteiger partial charge in [0, 0.05) is 31.1 Å². The largest absolute Gasteiger partial charge is 0.444 e. The van der Waals surface area contributed by atoms with Crippen LogP contribution >= 0.6 is 0 Å². The Bertz CT molecular complexity index is 534. The number of likely N-dealkylation sites (tertiary alicyclic amines) is 1. The van der Waals surface area contributed by atoms with Crippen molar-refractivity contribution in [2.24, 2.45) is 0 Å². The van der Waals surface area contributed by atoms with Crippen LogP contribution in [0.1, 0.15) is 45.3 Å². The monoisotopic (exact) mass is 306 g/mol. The van der Waals surface area contributed by atoms with Crippen molar-refractivity contribution in [3.63, 3.8) is 0 Å². The van der Waals surface area contributed by atoms with Crippen LogP contribution in [0.4, 0.5) is 4.79 Å². The van der Waals surface area contributed by atoms with E-state index in [0.717, 1.165) is 57.2 Å². The number of urea groups is 1. The highest BCUT2D eigenvalue weighted by Crippen LogP contribution is 2.24. The Labute approximate surface area is 131 Å². The summed E-state index contributed by atoms with van der Waals surface area (Å²) in [6.45, 7) is 10.6. The van der Waals surface area contributed by atoms with Crippen molar-refractivity contribution < 1.29 is 9.21 Å². The second-order valence-electron chi connectivity index (χ2n) is 7.32. The van der Waals surface area contributed by atoms with Gasteiger partial charge in [-0.25, -0.2) is 9.78 Å². The van der Waals surface area contributed by atoms with Gasteiger partial charge in [0.1, 0.15) is 5.76 Å². The van der Waals surface area contributed by atoms with Crippen molar-refractivity contribution in [1.82, 2.24) is 20.1 Å². The normalized spacial score (nSPS) is 23.9. The average molecular weight is 306 g/mol. The Kier molecular flexibility index (Phi) is 4.12. The third-order valence-corrected chi connectivity index (χ3v) is 4.46. The number of piperidine rings is 1. The van der Waals surface area contributed by atoms with E-state index in [9.17, 15) is 4.79 Å². The Morgan fingerprint density at radius 1 is 1.41 bits per heavy atom. The molecule has 3 rings (SSSR count). The van der Waals surface area contributed by atoms with Gasteiger partial charge in [0.15, 0.2) is 0 Å². The molecule has 2 aliphatic rings. The summed E-state index contributed by atoms with van der Waals surface area (Å²) in [6.07, 6.45) is 4.04. The van der Waals surface area contributed by atoms with E-state index in [1.54, 1.807) is 0 Å². The van der Waals surface area contributed by atoms with Crippen LogP contribution in [0.3, 0.4) is 0 Å². The van der Waals surface area contributed by atoms with Crippen molar-refractivity contribution in [2.45, 2.75) is 51.6 Å². The van der Waals surface area contributed by atoms with Crippen LogP contribution in [-0.4, -0.2) is 53.0 Å². The Morgan fingerprint density at radius 3 is 2.86 bits per heavy atom. The van der Waals surface area contributed by atoms with Gasteiger partial charge in [0.05, 0.1) is 12.7 Å². The van der Waals surface area contributed by atoms with E-state index >= 15 is 0 Å². The zero-order valence-electron chi connectivity index (χ0n) is 13.8. The van der Waals surface area contributed by atoms with Crippen LogP contribution in [0.5, 0.6) is 0 Å². The third kappa shape index (κ3) is 3.27. The number of nitrogens with one attached hydrogen (secondary N) is 1. The lowest BCUT2D eigenvalue weighted by atomic mass is 9.94. The van der Waals surface area contributed by atoms with Crippen LogP contribution in [0.25, 0.3) is 0 Å². The predicted molar refractivity (Wildman–Crippen MR) is 83.6 cm³/mol. The van der Waals surface area contributed by atoms with Crippen LogP contribution in [-0.2, 0) is 12.0 Å². The lowest BCUT2D eigenvalue weighted by molar-refractivity contribution is 0.114. The molecule has 6 nitrogen and oxygen atoms in total. The fourth-order valence-corrected chi connectivity index (χ4v) is 3.19. The molecule has 0 spiro atoms. The summed E-state index contributed by atoms with van der Waals surface area (Å²) in [5.41, 5.74) is -0.0106. The molecule has 1 atom stereocenters. The smallest absolute Gasteiger partial charge is 0.317 e. The van der Waals surface area contributed by atoms with E-state index in [1.807, 2.05) is 11.1 Å². The minimum atomic E-state index is -0.0106. The number of aromatic nitrogens is 1. The summed E-state index contributed by atoms with van der Waals surface area (Å²) in [7, 11) is 0. The first-order chi connectivity index (χ1) is 10.4. The van der Waals surface area contributed by atoms with Gasteiger partial charge in [-0.2, -0.15) is 0 Å². The molecule has 122 valence electrons. The summed E-state index contributed by atoms with van der Waals surface area (Å²) >= 11 is 0. The van der Waals surface area contributed by atoms with E-state index in [-0.39, 0.29) is 11.4 Å². The molecule has 0 aromatic carbocycles. The number of rotatable bonds is 3. The molecule has 2 fully saturated rings. The number of carbonyl (C=O) groups is 1. The zero-order chi connectivity index (χ0) is 15.7. The zero-order valence-corrected chi connectivity index (χ0v) is 13.8. The fraction of sp³-hybridized carbons (Fsp3) is 0.750. The molecule has 6 heteroatoms. The molecule has 1 aromatic heterocycles. The third-order valence-electron chi connectivity index (χ3n) is 4.46. The lowest BCUT2D eigenvalue weighted by Gasteiger charge is -2.36. The average Bonchev–Trinajstić information content (AvgIpc) is 3.07. The number of amides is 2. The molecular weight excluding hydrogens is 280 g/mol. The molecule has 2 amide bonds. The molecule has 1 aromatic rings. The van der Waals surface area contributed by atoms with Gasteiger partial charge in [-0.3, -0.25) is 4.90 Å². The van der Waals surface area contributed by atoms with Crippen molar-refractivity contribution in [1.29, 1.82) is 0 Å². The highest BCUT2D eigenvalue weighted by molar-refractivity contribution is 5.76. The molecular formula is C16H26N4O2. The topological polar surface area (TPSA) is 61.6 Å². The number of hydrogen-bond acceptors (Lipinski definition) is 4. The Hall–Kier alpha value is -1.56. The van der Waals surface area contributed by atoms with Gasteiger partial charge in [0.2, 0.25) is 5.89 Å². The number of nitrogens with zero attached hydrogens (tertiary/aromatic N) is 3. The maximum absolute atomic E-state index is 11.8. The molecule has 2 saturated heterocycles. The minimum Gasteiger partial charge on any atom is -0.444 e. The van der Waals surface area contributed by atoms with Gasteiger partial charge >= 0.3 is 6.03 Å². The van der Waals surface area contributed by atoms with E-state index < -0.39 is 0 Å². The molecule has 0 saturated carbocycles. The van der Waals surface area contributed by atoms with Crippen LogP contribution < -0.4 is 5.32 Å². The van der Waals surface area contributed by atoms with Gasteiger partial charge in [-0.05, 0) is 19.4 Å². The van der Waals surface area contributed by atoms with Gasteiger partial charge < -0.3 is 14.6 Å². The summed E-state index contributed by atoms with van der Waals surface area (Å²) in [4.78, 5) is 20.6. The fourth-order valence-electron chi connectivity index (χ4n) is 3.19. The van der Waals surface area contributed by atoms with Crippen molar-refractivity contribution in [3.05, 3.63) is 17.8 Å².